The zero-order chi connectivity index (χ0) is 15.5. The predicted molar refractivity (Wildman–Crippen MR) is 79.2 cm³/mol. The summed E-state index contributed by atoms with van der Waals surface area (Å²) < 4.78 is 28.3. The van der Waals surface area contributed by atoms with Gasteiger partial charge in [-0.1, -0.05) is 19.3 Å². The van der Waals surface area contributed by atoms with Gasteiger partial charge >= 0.3 is 5.97 Å². The molecule has 0 aromatic heterocycles. The lowest BCUT2D eigenvalue weighted by Gasteiger charge is -2.38. The smallest absolute Gasteiger partial charge is 0.317 e. The fourth-order valence-corrected chi connectivity index (χ4v) is 4.70. The molecule has 2 rings (SSSR count). The molecule has 0 aromatic rings. The second kappa shape index (κ2) is 7.04. The molecule has 1 heterocycles. The molecule has 0 aromatic carbocycles. The maximum absolute atomic E-state index is 12.6. The fraction of sp³-hybridized carbons (Fsp3) is 0.923. The Morgan fingerprint density at radius 2 is 1.71 bits per heavy atom. The summed E-state index contributed by atoms with van der Waals surface area (Å²) in [5, 5.41) is 8.77. The number of carboxylic acids is 1. The Morgan fingerprint density at radius 1 is 1.14 bits per heavy atom. The van der Waals surface area contributed by atoms with E-state index in [1.807, 2.05) is 0 Å². The number of nitrogens with zero attached hydrogens (tertiary/aromatic N) is 3. The first kappa shape index (κ1) is 16.7. The summed E-state index contributed by atoms with van der Waals surface area (Å²) in [6, 6.07) is 0.112. The van der Waals surface area contributed by atoms with Crippen molar-refractivity contribution in [3.05, 3.63) is 0 Å². The van der Waals surface area contributed by atoms with Crippen molar-refractivity contribution >= 4 is 16.2 Å². The summed E-state index contributed by atoms with van der Waals surface area (Å²) in [5.74, 6) is -0.870. The molecule has 1 N–H and O–H groups in total. The Hall–Kier alpha value is -0.700. The Balaban J connectivity index is 1.92. The first-order chi connectivity index (χ1) is 9.91. The summed E-state index contributed by atoms with van der Waals surface area (Å²) >= 11 is 0. The Kier molecular flexibility index (Phi) is 5.59. The molecule has 21 heavy (non-hydrogen) atoms. The molecule has 122 valence electrons. The Bertz CT molecular complexity index is 454. The summed E-state index contributed by atoms with van der Waals surface area (Å²) in [6.45, 7) is 1.67. The highest BCUT2D eigenvalue weighted by molar-refractivity contribution is 7.86. The second-order valence-electron chi connectivity index (χ2n) is 5.88. The highest BCUT2D eigenvalue weighted by Gasteiger charge is 2.34. The molecule has 2 aliphatic rings. The molecule has 8 heteroatoms. The molecule has 0 radical (unpaired) electrons. The molecule has 1 aliphatic carbocycles. The number of rotatable bonds is 5. The average Bonchev–Trinajstić information content (AvgIpc) is 2.47. The number of hydrogen-bond acceptors (Lipinski definition) is 4. The quantitative estimate of drug-likeness (QED) is 0.783. The minimum absolute atomic E-state index is 0.0215. The van der Waals surface area contributed by atoms with Crippen LogP contribution in [-0.4, -0.2) is 78.8 Å². The molecular formula is C13H25N3O4S. The molecule has 0 amide bonds. The van der Waals surface area contributed by atoms with Crippen molar-refractivity contribution in [3.8, 4) is 0 Å². The van der Waals surface area contributed by atoms with E-state index in [9.17, 15) is 13.2 Å². The van der Waals surface area contributed by atoms with Gasteiger partial charge in [0.05, 0.1) is 6.54 Å². The van der Waals surface area contributed by atoms with E-state index in [-0.39, 0.29) is 12.6 Å². The standard InChI is InChI=1S/C13H25N3O4S/c1-14(12-5-3-2-4-6-12)21(19,20)16-9-7-15(8-10-16)11-13(17)18/h12H,2-11H2,1H3,(H,17,18). The number of aliphatic carboxylic acids is 1. The van der Waals surface area contributed by atoms with Crippen molar-refractivity contribution < 1.29 is 18.3 Å². The third-order valence-electron chi connectivity index (χ3n) is 4.47. The normalized spacial score (nSPS) is 23.5. The lowest BCUT2D eigenvalue weighted by molar-refractivity contribution is -0.138. The average molecular weight is 319 g/mol. The number of carboxylic acid groups (broad SMARTS) is 1. The minimum atomic E-state index is -3.42. The summed E-state index contributed by atoms with van der Waals surface area (Å²) in [5.41, 5.74) is 0. The largest absolute Gasteiger partial charge is 0.480 e. The van der Waals surface area contributed by atoms with Gasteiger partial charge in [-0.15, -0.1) is 0 Å². The molecule has 2 fully saturated rings. The van der Waals surface area contributed by atoms with Crippen molar-refractivity contribution in [1.82, 2.24) is 13.5 Å². The van der Waals surface area contributed by atoms with E-state index in [1.54, 1.807) is 11.9 Å². The van der Waals surface area contributed by atoms with E-state index in [0.717, 1.165) is 25.7 Å². The molecule has 7 nitrogen and oxygen atoms in total. The SMILES string of the molecule is CN(C1CCCCC1)S(=O)(=O)N1CCN(CC(=O)O)CC1. The second-order valence-corrected chi connectivity index (χ2v) is 7.87. The molecule has 0 bridgehead atoms. The summed E-state index contributed by atoms with van der Waals surface area (Å²) in [6.07, 6.45) is 5.26. The van der Waals surface area contributed by atoms with Crippen LogP contribution in [0.4, 0.5) is 0 Å². The third-order valence-corrected chi connectivity index (χ3v) is 6.51. The Labute approximate surface area is 126 Å². The maximum Gasteiger partial charge on any atom is 0.317 e. The van der Waals surface area contributed by atoms with E-state index >= 15 is 0 Å². The number of hydrogen-bond donors (Lipinski definition) is 1. The molecular weight excluding hydrogens is 294 g/mol. The predicted octanol–water partition coefficient (Wildman–Crippen LogP) is 0.198. The van der Waals surface area contributed by atoms with Crippen LogP contribution in [0.1, 0.15) is 32.1 Å². The van der Waals surface area contributed by atoms with Gasteiger partial charge < -0.3 is 5.11 Å². The van der Waals surface area contributed by atoms with Crippen molar-refractivity contribution in [2.24, 2.45) is 0 Å². The fourth-order valence-electron chi connectivity index (χ4n) is 3.12. The van der Waals surface area contributed by atoms with Gasteiger partial charge in [0.1, 0.15) is 0 Å². The topological polar surface area (TPSA) is 81.2 Å². The van der Waals surface area contributed by atoms with Gasteiger partial charge in [-0.3, -0.25) is 9.69 Å². The van der Waals surface area contributed by atoms with Gasteiger partial charge in [-0.25, -0.2) is 0 Å². The van der Waals surface area contributed by atoms with E-state index in [0.29, 0.717) is 26.2 Å². The minimum Gasteiger partial charge on any atom is -0.480 e. The lowest BCUT2D eigenvalue weighted by atomic mass is 9.96. The van der Waals surface area contributed by atoms with Crippen LogP contribution in [0, 0.1) is 0 Å². The van der Waals surface area contributed by atoms with Crippen LogP contribution in [0.15, 0.2) is 0 Å². The van der Waals surface area contributed by atoms with Gasteiger partial charge in [0.25, 0.3) is 10.2 Å². The summed E-state index contributed by atoms with van der Waals surface area (Å²) in [7, 11) is -1.75. The summed E-state index contributed by atoms with van der Waals surface area (Å²) in [4.78, 5) is 12.5. The van der Waals surface area contributed by atoms with Crippen molar-refractivity contribution in [1.29, 1.82) is 0 Å². The molecule has 1 saturated carbocycles. The molecule has 0 unspecified atom stereocenters. The maximum atomic E-state index is 12.6. The van der Waals surface area contributed by atoms with Gasteiger partial charge in [0.15, 0.2) is 0 Å². The molecule has 1 aliphatic heterocycles. The third kappa shape index (κ3) is 4.15. The first-order valence-corrected chi connectivity index (χ1v) is 8.98. The van der Waals surface area contributed by atoms with E-state index < -0.39 is 16.2 Å². The van der Waals surface area contributed by atoms with E-state index in [2.05, 4.69) is 0 Å². The van der Waals surface area contributed by atoms with Gasteiger partial charge in [0, 0.05) is 39.3 Å². The zero-order valence-corrected chi connectivity index (χ0v) is 13.4. The van der Waals surface area contributed by atoms with Crippen molar-refractivity contribution in [2.45, 2.75) is 38.1 Å². The van der Waals surface area contributed by atoms with Crippen LogP contribution < -0.4 is 0 Å². The zero-order valence-electron chi connectivity index (χ0n) is 12.6. The number of carbonyl (C=O) groups is 1. The highest BCUT2D eigenvalue weighted by atomic mass is 32.2. The molecule has 0 atom stereocenters. The number of piperazine rings is 1. The van der Waals surface area contributed by atoms with Crippen molar-refractivity contribution in [3.63, 3.8) is 0 Å². The van der Waals surface area contributed by atoms with Crippen LogP contribution in [0.25, 0.3) is 0 Å². The van der Waals surface area contributed by atoms with Crippen LogP contribution >= 0.6 is 0 Å². The van der Waals surface area contributed by atoms with Gasteiger partial charge in [-0.05, 0) is 12.8 Å². The molecule has 0 spiro atoms. The lowest BCUT2D eigenvalue weighted by Crippen LogP contribution is -2.54. The first-order valence-electron chi connectivity index (χ1n) is 7.58. The van der Waals surface area contributed by atoms with Gasteiger partial charge in [-0.2, -0.15) is 17.0 Å². The van der Waals surface area contributed by atoms with Crippen LogP contribution in [-0.2, 0) is 15.0 Å². The van der Waals surface area contributed by atoms with Crippen LogP contribution in [0.2, 0.25) is 0 Å². The van der Waals surface area contributed by atoms with E-state index in [1.165, 1.54) is 15.0 Å². The highest BCUT2D eigenvalue weighted by Crippen LogP contribution is 2.25. The van der Waals surface area contributed by atoms with Crippen LogP contribution in [0.3, 0.4) is 0 Å². The Morgan fingerprint density at radius 3 is 2.24 bits per heavy atom. The van der Waals surface area contributed by atoms with Gasteiger partial charge in [0.2, 0.25) is 0 Å². The van der Waals surface area contributed by atoms with E-state index in [4.69, 9.17) is 5.11 Å². The molecule has 1 saturated heterocycles. The van der Waals surface area contributed by atoms with Crippen molar-refractivity contribution in [2.75, 3.05) is 39.8 Å². The van der Waals surface area contributed by atoms with Crippen LogP contribution in [0.5, 0.6) is 0 Å². The monoisotopic (exact) mass is 319 g/mol.